The highest BCUT2D eigenvalue weighted by Crippen LogP contribution is 2.16. The number of hydrogen-bond donors (Lipinski definition) is 2. The van der Waals surface area contributed by atoms with E-state index in [-0.39, 0.29) is 16.5 Å². The third-order valence-electron chi connectivity index (χ3n) is 4.18. The van der Waals surface area contributed by atoms with Crippen LogP contribution >= 0.6 is 0 Å². The first-order valence-corrected chi connectivity index (χ1v) is 7.73. The molecule has 0 aliphatic rings. The first-order valence-electron chi connectivity index (χ1n) is 7.73. The smallest absolute Gasteiger partial charge is 0.272 e. The van der Waals surface area contributed by atoms with Crippen LogP contribution in [0.2, 0.25) is 0 Å². The lowest BCUT2D eigenvalue weighted by Gasteiger charge is -2.06. The van der Waals surface area contributed by atoms with Gasteiger partial charge in [-0.15, -0.1) is 0 Å². The van der Waals surface area contributed by atoms with Gasteiger partial charge in [-0.25, -0.2) is 0 Å². The Labute approximate surface area is 136 Å². The molecule has 120 valence electrons. The predicted molar refractivity (Wildman–Crippen MR) is 91.0 cm³/mol. The molecule has 0 unspecified atom stereocenters. The number of benzene rings is 1. The molecule has 0 bridgehead atoms. The fraction of sp³-hybridized carbons (Fsp3) is 0.176. The van der Waals surface area contributed by atoms with Crippen molar-refractivity contribution < 1.29 is 0 Å². The van der Waals surface area contributed by atoms with E-state index in [4.69, 9.17) is 0 Å². The lowest BCUT2D eigenvalue weighted by molar-refractivity contribution is 0.652. The van der Waals surface area contributed by atoms with E-state index in [0.29, 0.717) is 17.5 Å². The van der Waals surface area contributed by atoms with Gasteiger partial charge in [-0.3, -0.25) is 19.8 Å². The first-order chi connectivity index (χ1) is 11.7. The normalized spacial score (nSPS) is 11.3. The van der Waals surface area contributed by atoms with Crippen molar-refractivity contribution in [3.63, 3.8) is 0 Å². The minimum absolute atomic E-state index is 0.273. The SMILES string of the molecule is O=c1[nH][nH]c(=O)c2c(CCCn3ccc4ccccc43)nncc12. The molecule has 0 fully saturated rings. The molecule has 4 rings (SSSR count). The van der Waals surface area contributed by atoms with Gasteiger partial charge >= 0.3 is 0 Å². The maximum absolute atomic E-state index is 12.0. The zero-order valence-corrected chi connectivity index (χ0v) is 12.8. The standard InChI is InChI=1S/C17H15N5O2/c23-16-12-10-18-19-13(15(12)17(24)21-20-16)5-3-8-22-9-7-11-4-1-2-6-14(11)22/h1-2,4,6-7,9-10H,3,5,8H2,(H,20,23)(H,21,24). The Balaban J connectivity index is 1.61. The Morgan fingerprint density at radius 2 is 1.88 bits per heavy atom. The summed E-state index contributed by atoms with van der Waals surface area (Å²) in [6.45, 7) is 0.798. The summed E-state index contributed by atoms with van der Waals surface area (Å²) in [6, 6.07) is 10.3. The fourth-order valence-corrected chi connectivity index (χ4v) is 3.02. The number of hydrogen-bond acceptors (Lipinski definition) is 4. The molecule has 1 aromatic carbocycles. The van der Waals surface area contributed by atoms with Crippen LogP contribution in [0.1, 0.15) is 12.1 Å². The predicted octanol–water partition coefficient (Wildman–Crippen LogP) is 1.59. The molecular formula is C17H15N5O2. The lowest BCUT2D eigenvalue weighted by atomic mass is 10.1. The summed E-state index contributed by atoms with van der Waals surface area (Å²) < 4.78 is 2.17. The molecule has 7 heteroatoms. The first kappa shape index (κ1) is 14.4. The molecule has 7 nitrogen and oxygen atoms in total. The molecule has 0 amide bonds. The monoisotopic (exact) mass is 321 g/mol. The number of para-hydroxylation sites is 1. The maximum atomic E-state index is 12.0. The molecule has 3 aromatic heterocycles. The van der Waals surface area contributed by atoms with Crippen LogP contribution in [0.5, 0.6) is 0 Å². The number of aromatic nitrogens is 5. The fourth-order valence-electron chi connectivity index (χ4n) is 3.02. The zero-order chi connectivity index (χ0) is 16.5. The van der Waals surface area contributed by atoms with E-state index in [1.165, 1.54) is 17.1 Å². The van der Waals surface area contributed by atoms with Crippen molar-refractivity contribution in [2.45, 2.75) is 19.4 Å². The summed E-state index contributed by atoms with van der Waals surface area (Å²) in [5.74, 6) is 0. The number of rotatable bonds is 4. The van der Waals surface area contributed by atoms with E-state index in [9.17, 15) is 9.59 Å². The minimum Gasteiger partial charge on any atom is -0.347 e. The van der Waals surface area contributed by atoms with Crippen LogP contribution in [0, 0.1) is 0 Å². The van der Waals surface area contributed by atoms with Crippen LogP contribution in [0.3, 0.4) is 0 Å². The van der Waals surface area contributed by atoms with Crippen molar-refractivity contribution in [3.8, 4) is 0 Å². The number of nitrogens with zero attached hydrogens (tertiary/aromatic N) is 3. The molecule has 0 atom stereocenters. The van der Waals surface area contributed by atoms with Gasteiger partial charge < -0.3 is 4.57 Å². The summed E-state index contributed by atoms with van der Waals surface area (Å²) in [4.78, 5) is 23.8. The summed E-state index contributed by atoms with van der Waals surface area (Å²) in [6.07, 6.45) is 4.74. The molecule has 0 saturated heterocycles. The zero-order valence-electron chi connectivity index (χ0n) is 12.8. The molecule has 4 aromatic rings. The molecule has 3 heterocycles. The number of H-pyrrole nitrogens is 2. The molecular weight excluding hydrogens is 306 g/mol. The van der Waals surface area contributed by atoms with Crippen molar-refractivity contribution in [1.82, 2.24) is 25.0 Å². The van der Waals surface area contributed by atoms with Gasteiger partial charge in [0, 0.05) is 18.3 Å². The maximum Gasteiger partial charge on any atom is 0.272 e. The Morgan fingerprint density at radius 3 is 2.79 bits per heavy atom. The van der Waals surface area contributed by atoms with Gasteiger partial charge in [0.2, 0.25) is 0 Å². The third kappa shape index (κ3) is 2.40. The van der Waals surface area contributed by atoms with Gasteiger partial charge in [0.15, 0.2) is 0 Å². The van der Waals surface area contributed by atoms with E-state index in [0.717, 1.165) is 13.0 Å². The second kappa shape index (κ2) is 5.77. The van der Waals surface area contributed by atoms with Crippen molar-refractivity contribution >= 4 is 21.7 Å². The summed E-state index contributed by atoms with van der Waals surface area (Å²) in [5, 5.41) is 14.4. The molecule has 0 aliphatic carbocycles. The van der Waals surface area contributed by atoms with Crippen molar-refractivity contribution in [3.05, 3.63) is 69.1 Å². The quantitative estimate of drug-likeness (QED) is 0.596. The highest BCUT2D eigenvalue weighted by atomic mass is 16.1. The van der Waals surface area contributed by atoms with Gasteiger partial charge in [-0.2, -0.15) is 10.2 Å². The molecule has 24 heavy (non-hydrogen) atoms. The van der Waals surface area contributed by atoms with Crippen LogP contribution < -0.4 is 11.1 Å². The van der Waals surface area contributed by atoms with Crippen LogP contribution in [-0.4, -0.2) is 25.0 Å². The van der Waals surface area contributed by atoms with E-state index in [1.807, 2.05) is 12.1 Å². The highest BCUT2D eigenvalue weighted by Gasteiger charge is 2.10. The topological polar surface area (TPSA) is 96.4 Å². The average Bonchev–Trinajstić information content (AvgIpc) is 3.02. The summed E-state index contributed by atoms with van der Waals surface area (Å²) >= 11 is 0. The van der Waals surface area contributed by atoms with Gasteiger partial charge in [-0.05, 0) is 30.4 Å². The Hall–Kier alpha value is -3.22. The number of fused-ring (bicyclic) bond motifs is 2. The molecule has 0 radical (unpaired) electrons. The van der Waals surface area contributed by atoms with E-state index < -0.39 is 0 Å². The van der Waals surface area contributed by atoms with Crippen LogP contribution in [0.15, 0.2) is 52.3 Å². The van der Waals surface area contributed by atoms with Gasteiger partial charge in [0.1, 0.15) is 0 Å². The van der Waals surface area contributed by atoms with E-state index in [2.05, 4.69) is 49.4 Å². The largest absolute Gasteiger partial charge is 0.347 e. The van der Waals surface area contributed by atoms with Crippen molar-refractivity contribution in [2.24, 2.45) is 0 Å². The third-order valence-corrected chi connectivity index (χ3v) is 4.18. The minimum atomic E-state index is -0.364. The number of aryl methyl sites for hydroxylation is 2. The van der Waals surface area contributed by atoms with E-state index in [1.54, 1.807) is 0 Å². The van der Waals surface area contributed by atoms with Gasteiger partial charge in [0.25, 0.3) is 11.1 Å². The highest BCUT2D eigenvalue weighted by molar-refractivity contribution is 5.81. The molecule has 0 spiro atoms. The number of aromatic amines is 2. The summed E-state index contributed by atoms with van der Waals surface area (Å²) in [7, 11) is 0. The molecule has 0 saturated carbocycles. The van der Waals surface area contributed by atoms with Crippen LogP contribution in [0.25, 0.3) is 21.7 Å². The Morgan fingerprint density at radius 1 is 1.04 bits per heavy atom. The van der Waals surface area contributed by atoms with Crippen molar-refractivity contribution in [1.29, 1.82) is 0 Å². The average molecular weight is 321 g/mol. The Kier molecular flexibility index (Phi) is 3.45. The second-order valence-corrected chi connectivity index (χ2v) is 5.66. The van der Waals surface area contributed by atoms with Gasteiger partial charge in [-0.1, -0.05) is 18.2 Å². The Bertz CT molecular complexity index is 1140. The lowest BCUT2D eigenvalue weighted by Crippen LogP contribution is -2.21. The summed E-state index contributed by atoms with van der Waals surface area (Å²) in [5.41, 5.74) is 1.02. The second-order valence-electron chi connectivity index (χ2n) is 5.66. The molecule has 2 N–H and O–H groups in total. The van der Waals surface area contributed by atoms with Crippen LogP contribution in [-0.2, 0) is 13.0 Å². The van der Waals surface area contributed by atoms with Gasteiger partial charge in [0.05, 0.1) is 22.7 Å². The van der Waals surface area contributed by atoms with Crippen molar-refractivity contribution in [2.75, 3.05) is 0 Å². The van der Waals surface area contributed by atoms with Crippen LogP contribution in [0.4, 0.5) is 0 Å². The molecule has 0 aliphatic heterocycles. The number of nitrogens with one attached hydrogen (secondary N) is 2. The van der Waals surface area contributed by atoms with E-state index >= 15 is 0 Å².